The van der Waals surface area contributed by atoms with Gasteiger partial charge in [-0.3, -0.25) is 14.1 Å². The molecular weight excluding hydrogens is 466 g/mol. The van der Waals surface area contributed by atoms with Gasteiger partial charge in [0.25, 0.3) is 0 Å². The molecule has 9 heteroatoms. The number of ether oxygens (including phenoxy) is 1. The van der Waals surface area contributed by atoms with E-state index in [1.54, 1.807) is 7.11 Å². The molecule has 1 fully saturated rings. The number of aromatic nitrogens is 7. The molecule has 5 rings (SSSR count). The summed E-state index contributed by atoms with van der Waals surface area (Å²) in [6.07, 6.45) is 12.4. The van der Waals surface area contributed by atoms with Gasteiger partial charge >= 0.3 is 5.69 Å². The average molecular weight is 502 g/mol. The number of rotatable bonds is 9. The van der Waals surface area contributed by atoms with E-state index in [9.17, 15) is 4.79 Å². The molecule has 3 heterocycles. The number of hydrogen-bond donors (Lipinski definition) is 1. The number of tetrazole rings is 1. The van der Waals surface area contributed by atoms with Gasteiger partial charge in [0.05, 0.1) is 24.4 Å². The number of methoxy groups -OCH3 is 1. The lowest BCUT2D eigenvalue weighted by atomic mass is 10.0. The summed E-state index contributed by atoms with van der Waals surface area (Å²) in [7, 11) is 1.77. The van der Waals surface area contributed by atoms with Gasteiger partial charge in [-0.05, 0) is 60.2 Å². The van der Waals surface area contributed by atoms with Crippen LogP contribution in [-0.2, 0) is 17.7 Å². The van der Waals surface area contributed by atoms with Crippen LogP contribution >= 0.6 is 0 Å². The maximum absolute atomic E-state index is 13.8. The Hall–Kier alpha value is -3.59. The molecule has 194 valence electrons. The number of unbranched alkanes of at least 4 members (excludes halogenated alkanes) is 1. The van der Waals surface area contributed by atoms with Gasteiger partial charge in [-0.25, -0.2) is 4.79 Å². The van der Waals surface area contributed by atoms with Crippen LogP contribution in [0, 0.1) is 0 Å². The maximum Gasteiger partial charge on any atom is 0.329 e. The predicted octanol–water partition coefficient (Wildman–Crippen LogP) is 4.80. The van der Waals surface area contributed by atoms with Crippen LogP contribution in [0.2, 0.25) is 0 Å². The van der Waals surface area contributed by atoms with Crippen molar-refractivity contribution in [3.8, 4) is 22.5 Å². The molecule has 0 bridgehead atoms. The molecule has 1 saturated carbocycles. The lowest BCUT2D eigenvalue weighted by Gasteiger charge is -2.24. The third-order valence-corrected chi connectivity index (χ3v) is 7.39. The fourth-order valence-corrected chi connectivity index (χ4v) is 5.39. The Labute approximate surface area is 216 Å². The van der Waals surface area contributed by atoms with E-state index in [0.717, 1.165) is 73.0 Å². The number of benzene rings is 1. The predicted molar refractivity (Wildman–Crippen MR) is 142 cm³/mol. The molecule has 1 aliphatic carbocycles. The topological polar surface area (TPSA) is 104 Å². The van der Waals surface area contributed by atoms with Gasteiger partial charge < -0.3 is 4.74 Å². The number of aryl methyl sites for hydroxylation is 1. The maximum atomic E-state index is 13.8. The molecule has 3 aromatic heterocycles. The fraction of sp³-hybridized carbons (Fsp3) is 0.464. The van der Waals surface area contributed by atoms with E-state index in [-0.39, 0.29) is 17.8 Å². The smallest absolute Gasteiger partial charge is 0.329 e. The molecular formula is C28H35N7O2. The summed E-state index contributed by atoms with van der Waals surface area (Å²) in [6, 6.07) is 12.2. The van der Waals surface area contributed by atoms with E-state index >= 15 is 0 Å². The molecule has 2 atom stereocenters. The first kappa shape index (κ1) is 25.1. The Morgan fingerprint density at radius 1 is 1.08 bits per heavy atom. The second kappa shape index (κ2) is 11.6. The molecule has 0 amide bonds. The summed E-state index contributed by atoms with van der Waals surface area (Å²) in [5.41, 5.74) is 4.90. The molecule has 0 saturated heterocycles. The van der Waals surface area contributed by atoms with E-state index in [1.165, 1.54) is 6.42 Å². The number of pyridine rings is 1. The SMILES string of the molecule is CCCCc1cn(C2CCCCCC2OC)c(=O)n1Cc1cc(-c2cccc(-c3nn[nH]n3)c2)ccn1. The number of imidazole rings is 1. The van der Waals surface area contributed by atoms with Crippen molar-refractivity contribution in [3.63, 3.8) is 0 Å². The minimum Gasteiger partial charge on any atom is -0.379 e. The fourth-order valence-electron chi connectivity index (χ4n) is 5.39. The normalized spacial score (nSPS) is 18.1. The summed E-state index contributed by atoms with van der Waals surface area (Å²) >= 11 is 0. The molecule has 4 aromatic rings. The molecule has 0 spiro atoms. The third kappa shape index (κ3) is 5.56. The Balaban J connectivity index is 1.46. The monoisotopic (exact) mass is 501 g/mol. The lowest BCUT2D eigenvalue weighted by Crippen LogP contribution is -2.34. The Morgan fingerprint density at radius 2 is 1.92 bits per heavy atom. The van der Waals surface area contributed by atoms with Crippen LogP contribution in [0.25, 0.3) is 22.5 Å². The van der Waals surface area contributed by atoms with Gasteiger partial charge in [-0.2, -0.15) is 5.21 Å². The minimum absolute atomic E-state index is 0.0337. The zero-order chi connectivity index (χ0) is 25.6. The highest BCUT2D eigenvalue weighted by atomic mass is 16.5. The van der Waals surface area contributed by atoms with Crippen LogP contribution in [0.3, 0.4) is 0 Å². The summed E-state index contributed by atoms with van der Waals surface area (Å²) in [4.78, 5) is 18.4. The molecule has 1 N–H and O–H groups in total. The average Bonchev–Trinajstić information content (AvgIpc) is 3.50. The highest BCUT2D eigenvalue weighted by Crippen LogP contribution is 2.29. The second-order valence-electron chi connectivity index (χ2n) is 9.83. The van der Waals surface area contributed by atoms with Crippen molar-refractivity contribution >= 4 is 0 Å². The number of H-pyrrole nitrogens is 1. The number of hydrogen-bond acceptors (Lipinski definition) is 6. The van der Waals surface area contributed by atoms with Gasteiger partial charge in [-0.1, -0.05) is 50.8 Å². The summed E-state index contributed by atoms with van der Waals surface area (Å²) in [6.45, 7) is 2.62. The van der Waals surface area contributed by atoms with Crippen LogP contribution in [0.15, 0.2) is 53.6 Å². The summed E-state index contributed by atoms with van der Waals surface area (Å²) in [5.74, 6) is 0.553. The van der Waals surface area contributed by atoms with Crippen LogP contribution < -0.4 is 5.69 Å². The Morgan fingerprint density at radius 3 is 2.73 bits per heavy atom. The van der Waals surface area contributed by atoms with Crippen molar-refractivity contribution in [3.05, 3.63) is 70.7 Å². The molecule has 9 nitrogen and oxygen atoms in total. The van der Waals surface area contributed by atoms with E-state index in [2.05, 4.69) is 50.9 Å². The van der Waals surface area contributed by atoms with Crippen LogP contribution in [0.4, 0.5) is 0 Å². The van der Waals surface area contributed by atoms with Gasteiger partial charge in [0.1, 0.15) is 0 Å². The quantitative estimate of drug-likeness (QED) is 0.330. The van der Waals surface area contributed by atoms with Crippen LogP contribution in [0.5, 0.6) is 0 Å². The molecule has 2 unspecified atom stereocenters. The number of aromatic amines is 1. The molecule has 1 aliphatic rings. The first-order valence-corrected chi connectivity index (χ1v) is 13.3. The first-order chi connectivity index (χ1) is 18.2. The van der Waals surface area contributed by atoms with E-state index < -0.39 is 0 Å². The van der Waals surface area contributed by atoms with Crippen molar-refractivity contribution in [2.24, 2.45) is 0 Å². The van der Waals surface area contributed by atoms with Gasteiger partial charge in [0.2, 0.25) is 5.82 Å². The van der Waals surface area contributed by atoms with Crippen LogP contribution in [-0.4, -0.2) is 48.0 Å². The van der Waals surface area contributed by atoms with Crippen molar-refractivity contribution < 1.29 is 4.74 Å². The summed E-state index contributed by atoms with van der Waals surface area (Å²) < 4.78 is 9.71. The zero-order valence-electron chi connectivity index (χ0n) is 21.6. The van der Waals surface area contributed by atoms with Crippen molar-refractivity contribution in [2.45, 2.75) is 77.0 Å². The summed E-state index contributed by atoms with van der Waals surface area (Å²) in [5, 5.41) is 14.3. The minimum atomic E-state index is 0.0337. The third-order valence-electron chi connectivity index (χ3n) is 7.39. The number of nitrogens with one attached hydrogen (secondary N) is 1. The van der Waals surface area contributed by atoms with Crippen molar-refractivity contribution in [1.82, 2.24) is 34.7 Å². The molecule has 0 aliphatic heterocycles. The largest absolute Gasteiger partial charge is 0.379 e. The Kier molecular flexibility index (Phi) is 7.89. The van der Waals surface area contributed by atoms with E-state index in [4.69, 9.17) is 4.74 Å². The van der Waals surface area contributed by atoms with Gasteiger partial charge in [0, 0.05) is 30.8 Å². The van der Waals surface area contributed by atoms with Crippen LogP contribution in [0.1, 0.15) is 69.3 Å². The first-order valence-electron chi connectivity index (χ1n) is 13.3. The van der Waals surface area contributed by atoms with Crippen molar-refractivity contribution in [1.29, 1.82) is 0 Å². The molecule has 37 heavy (non-hydrogen) atoms. The molecule has 1 aromatic carbocycles. The number of nitrogens with zero attached hydrogens (tertiary/aromatic N) is 6. The highest BCUT2D eigenvalue weighted by Gasteiger charge is 2.28. The molecule has 0 radical (unpaired) electrons. The van der Waals surface area contributed by atoms with E-state index in [0.29, 0.717) is 12.4 Å². The lowest BCUT2D eigenvalue weighted by molar-refractivity contribution is 0.0500. The second-order valence-corrected chi connectivity index (χ2v) is 9.83. The Bertz CT molecular complexity index is 1360. The van der Waals surface area contributed by atoms with Gasteiger partial charge in [0.15, 0.2) is 0 Å². The standard InChI is InChI=1S/C28H35N7O2/c1-3-4-11-24-19-35(25-12-6-5-7-13-26(25)37-2)28(36)34(24)18-23-17-21(14-15-29-23)20-9-8-10-22(16-20)27-30-32-33-31-27/h8-10,14-17,19,25-26H,3-7,11-13,18H2,1-2H3,(H,30,31,32,33). The van der Waals surface area contributed by atoms with E-state index in [1.807, 2.05) is 39.6 Å². The van der Waals surface area contributed by atoms with Gasteiger partial charge in [-0.15, -0.1) is 10.2 Å². The zero-order valence-corrected chi connectivity index (χ0v) is 21.6. The van der Waals surface area contributed by atoms with Crippen molar-refractivity contribution in [2.75, 3.05) is 7.11 Å². The highest BCUT2D eigenvalue weighted by molar-refractivity contribution is 5.70.